The second-order valence-electron chi connectivity index (χ2n) is 5.60. The van der Waals surface area contributed by atoms with Crippen molar-refractivity contribution in [3.63, 3.8) is 0 Å². The van der Waals surface area contributed by atoms with E-state index < -0.39 is 0 Å². The Labute approximate surface area is 145 Å². The first-order valence-corrected chi connectivity index (χ1v) is 8.62. The molecule has 24 heavy (non-hydrogen) atoms. The maximum absolute atomic E-state index is 12.8. The Morgan fingerprint density at radius 3 is 2.50 bits per heavy atom. The predicted octanol–water partition coefficient (Wildman–Crippen LogP) is 2.43. The van der Waals surface area contributed by atoms with E-state index in [4.69, 9.17) is 9.47 Å². The van der Waals surface area contributed by atoms with Gasteiger partial charge in [-0.25, -0.2) is 4.98 Å². The molecule has 0 unspecified atom stereocenters. The van der Waals surface area contributed by atoms with Gasteiger partial charge in [0.15, 0.2) is 5.13 Å². The first kappa shape index (κ1) is 16.6. The Balaban J connectivity index is 1.69. The molecule has 0 saturated carbocycles. The van der Waals surface area contributed by atoms with Crippen molar-refractivity contribution < 1.29 is 14.3 Å². The molecule has 6 nitrogen and oxygen atoms in total. The van der Waals surface area contributed by atoms with Gasteiger partial charge in [-0.05, 0) is 19.1 Å². The summed E-state index contributed by atoms with van der Waals surface area (Å²) in [6, 6.07) is 5.28. The lowest BCUT2D eigenvalue weighted by molar-refractivity contribution is 0.0743. The van der Waals surface area contributed by atoms with Gasteiger partial charge in [0.1, 0.15) is 11.5 Å². The Bertz CT molecular complexity index is 724. The van der Waals surface area contributed by atoms with Gasteiger partial charge in [0.25, 0.3) is 5.91 Å². The van der Waals surface area contributed by atoms with Gasteiger partial charge in [0, 0.05) is 43.3 Å². The average Bonchev–Trinajstić information content (AvgIpc) is 3.07. The topological polar surface area (TPSA) is 54.9 Å². The lowest BCUT2D eigenvalue weighted by Crippen LogP contribution is -2.48. The summed E-state index contributed by atoms with van der Waals surface area (Å²) >= 11 is 1.69. The summed E-state index contributed by atoms with van der Waals surface area (Å²) in [5, 5.41) is 1.03. The predicted molar refractivity (Wildman–Crippen MR) is 94.5 cm³/mol. The second-order valence-corrected chi connectivity index (χ2v) is 6.81. The molecule has 1 amide bonds. The molecule has 2 heterocycles. The molecular formula is C17H21N3O3S. The van der Waals surface area contributed by atoms with Gasteiger partial charge in [-0.1, -0.05) is 0 Å². The number of aryl methyl sites for hydroxylation is 1. The summed E-state index contributed by atoms with van der Waals surface area (Å²) < 4.78 is 10.5. The highest BCUT2D eigenvalue weighted by Gasteiger charge is 2.25. The molecule has 1 fully saturated rings. The van der Waals surface area contributed by atoms with Crippen LogP contribution in [0.5, 0.6) is 11.5 Å². The Kier molecular flexibility index (Phi) is 4.89. The number of nitrogens with zero attached hydrogens (tertiary/aromatic N) is 3. The van der Waals surface area contributed by atoms with Gasteiger partial charge >= 0.3 is 0 Å². The number of carbonyl (C=O) groups is 1. The van der Waals surface area contributed by atoms with E-state index in [9.17, 15) is 4.79 Å². The highest BCUT2D eigenvalue weighted by molar-refractivity contribution is 7.15. The van der Waals surface area contributed by atoms with E-state index in [2.05, 4.69) is 16.8 Å². The molecule has 0 radical (unpaired) electrons. The van der Waals surface area contributed by atoms with Crippen molar-refractivity contribution in [2.45, 2.75) is 6.92 Å². The van der Waals surface area contributed by atoms with Gasteiger partial charge in [-0.3, -0.25) is 4.79 Å². The number of anilines is 1. The van der Waals surface area contributed by atoms with Crippen LogP contribution >= 0.6 is 11.3 Å². The molecule has 3 rings (SSSR count). The van der Waals surface area contributed by atoms with Gasteiger partial charge in [0.05, 0.1) is 19.8 Å². The number of amides is 1. The summed E-state index contributed by atoms with van der Waals surface area (Å²) in [4.78, 5) is 22.5. The number of piperazine rings is 1. The van der Waals surface area contributed by atoms with Crippen molar-refractivity contribution in [2.75, 3.05) is 45.3 Å². The molecule has 0 atom stereocenters. The number of hydrogen-bond donors (Lipinski definition) is 0. The molecule has 1 aromatic carbocycles. The zero-order valence-corrected chi connectivity index (χ0v) is 14.9. The number of aromatic nitrogens is 1. The van der Waals surface area contributed by atoms with Crippen LogP contribution in [-0.4, -0.2) is 56.2 Å². The van der Waals surface area contributed by atoms with Gasteiger partial charge in [-0.15, -0.1) is 11.3 Å². The molecule has 2 aromatic rings. The van der Waals surface area contributed by atoms with Gasteiger partial charge in [0.2, 0.25) is 0 Å². The maximum atomic E-state index is 12.8. The fourth-order valence-electron chi connectivity index (χ4n) is 2.74. The van der Waals surface area contributed by atoms with E-state index in [0.29, 0.717) is 30.2 Å². The number of carbonyl (C=O) groups excluding carboxylic acids is 1. The Hall–Kier alpha value is -2.28. The normalized spacial score (nSPS) is 14.6. The summed E-state index contributed by atoms with van der Waals surface area (Å²) in [6.07, 6.45) is 1.89. The van der Waals surface area contributed by atoms with Crippen LogP contribution in [0.1, 0.15) is 15.2 Å². The fourth-order valence-corrected chi connectivity index (χ4v) is 3.55. The van der Waals surface area contributed by atoms with E-state index in [-0.39, 0.29) is 5.91 Å². The highest BCUT2D eigenvalue weighted by atomic mass is 32.1. The monoisotopic (exact) mass is 347 g/mol. The molecule has 0 N–H and O–H groups in total. The molecule has 0 bridgehead atoms. The summed E-state index contributed by atoms with van der Waals surface area (Å²) in [5.74, 6) is 1.20. The molecule has 1 aliphatic rings. The first-order chi connectivity index (χ1) is 11.6. The van der Waals surface area contributed by atoms with E-state index in [1.54, 1.807) is 43.8 Å². The van der Waals surface area contributed by atoms with Crippen molar-refractivity contribution >= 4 is 22.4 Å². The Morgan fingerprint density at radius 2 is 1.92 bits per heavy atom. The fraction of sp³-hybridized carbons (Fsp3) is 0.412. The zero-order valence-electron chi connectivity index (χ0n) is 14.1. The lowest BCUT2D eigenvalue weighted by Gasteiger charge is -2.34. The van der Waals surface area contributed by atoms with Crippen molar-refractivity contribution in [3.8, 4) is 11.5 Å². The van der Waals surface area contributed by atoms with Gasteiger partial charge < -0.3 is 19.3 Å². The summed E-state index contributed by atoms with van der Waals surface area (Å²) in [6.45, 7) is 4.98. The van der Waals surface area contributed by atoms with E-state index >= 15 is 0 Å². The van der Waals surface area contributed by atoms with Crippen LogP contribution in [0.4, 0.5) is 5.13 Å². The third-order valence-electron chi connectivity index (χ3n) is 4.09. The number of rotatable bonds is 4. The van der Waals surface area contributed by atoms with Crippen LogP contribution in [0.25, 0.3) is 0 Å². The highest BCUT2D eigenvalue weighted by Crippen LogP contribution is 2.27. The standard InChI is InChI=1S/C17H21N3O3S/c1-12-11-18-17(24-12)20-8-6-19(7-9-20)16(21)14-5-4-13(22-2)10-15(14)23-3/h4-5,10-11H,6-9H2,1-3H3. The third kappa shape index (κ3) is 3.31. The number of methoxy groups -OCH3 is 2. The molecular weight excluding hydrogens is 326 g/mol. The Morgan fingerprint density at radius 1 is 1.17 bits per heavy atom. The second kappa shape index (κ2) is 7.09. The largest absolute Gasteiger partial charge is 0.497 e. The quantitative estimate of drug-likeness (QED) is 0.850. The van der Waals surface area contributed by atoms with Crippen LogP contribution in [0.15, 0.2) is 24.4 Å². The number of thiazole rings is 1. The van der Waals surface area contributed by atoms with Crippen molar-refractivity contribution in [2.24, 2.45) is 0 Å². The summed E-state index contributed by atoms with van der Waals surface area (Å²) in [5.41, 5.74) is 0.567. The molecule has 0 aliphatic carbocycles. The van der Waals surface area contributed by atoms with Crippen molar-refractivity contribution in [1.29, 1.82) is 0 Å². The third-order valence-corrected chi connectivity index (χ3v) is 5.06. The molecule has 1 aromatic heterocycles. The number of benzene rings is 1. The lowest BCUT2D eigenvalue weighted by atomic mass is 10.1. The first-order valence-electron chi connectivity index (χ1n) is 7.81. The molecule has 128 valence electrons. The number of hydrogen-bond acceptors (Lipinski definition) is 6. The van der Waals surface area contributed by atoms with Crippen molar-refractivity contribution in [3.05, 3.63) is 34.8 Å². The minimum absolute atomic E-state index is 0.00975. The van der Waals surface area contributed by atoms with Crippen LogP contribution in [-0.2, 0) is 0 Å². The molecule has 0 spiro atoms. The van der Waals surface area contributed by atoms with E-state index in [1.165, 1.54) is 4.88 Å². The smallest absolute Gasteiger partial charge is 0.257 e. The maximum Gasteiger partial charge on any atom is 0.257 e. The zero-order chi connectivity index (χ0) is 17.1. The molecule has 7 heteroatoms. The van der Waals surface area contributed by atoms with Gasteiger partial charge in [-0.2, -0.15) is 0 Å². The summed E-state index contributed by atoms with van der Waals surface area (Å²) in [7, 11) is 3.16. The SMILES string of the molecule is COc1ccc(C(=O)N2CCN(c3ncc(C)s3)CC2)c(OC)c1. The minimum atomic E-state index is -0.00975. The van der Waals surface area contributed by atoms with Crippen molar-refractivity contribution in [1.82, 2.24) is 9.88 Å². The average molecular weight is 347 g/mol. The van der Waals surface area contributed by atoms with Crippen LogP contribution in [0.2, 0.25) is 0 Å². The van der Waals surface area contributed by atoms with Crippen LogP contribution in [0, 0.1) is 6.92 Å². The number of ether oxygens (including phenoxy) is 2. The van der Waals surface area contributed by atoms with E-state index in [1.807, 2.05) is 11.1 Å². The van der Waals surface area contributed by atoms with Crippen LogP contribution in [0.3, 0.4) is 0 Å². The molecule has 1 saturated heterocycles. The minimum Gasteiger partial charge on any atom is -0.497 e. The van der Waals surface area contributed by atoms with E-state index in [0.717, 1.165) is 18.2 Å². The molecule has 1 aliphatic heterocycles. The van der Waals surface area contributed by atoms with Crippen LogP contribution < -0.4 is 14.4 Å².